The van der Waals surface area contributed by atoms with Crippen molar-refractivity contribution in [1.29, 1.82) is 0 Å². The first kappa shape index (κ1) is 15.4. The summed E-state index contributed by atoms with van der Waals surface area (Å²) in [5, 5.41) is 9.24. The van der Waals surface area contributed by atoms with Crippen LogP contribution in [0.4, 0.5) is 4.39 Å². The van der Waals surface area contributed by atoms with E-state index in [0.717, 1.165) is 5.56 Å². The number of aliphatic hydroxyl groups is 1. The van der Waals surface area contributed by atoms with Gasteiger partial charge >= 0.3 is 0 Å². The second kappa shape index (κ2) is 7.12. The number of benzene rings is 2. The van der Waals surface area contributed by atoms with E-state index in [0.29, 0.717) is 21.9 Å². The minimum Gasteiger partial charge on any atom is -0.488 e. The van der Waals surface area contributed by atoms with Gasteiger partial charge in [0.2, 0.25) is 0 Å². The lowest BCUT2D eigenvalue weighted by molar-refractivity contribution is 0.304. The van der Waals surface area contributed by atoms with E-state index >= 15 is 0 Å². The van der Waals surface area contributed by atoms with Gasteiger partial charge in [0.1, 0.15) is 24.8 Å². The van der Waals surface area contributed by atoms with Gasteiger partial charge in [0.25, 0.3) is 0 Å². The number of aliphatic hydroxyl groups excluding tert-OH is 1. The highest BCUT2D eigenvalue weighted by Crippen LogP contribution is 2.23. The first-order chi connectivity index (χ1) is 10.1. The van der Waals surface area contributed by atoms with E-state index in [2.05, 4.69) is 11.8 Å². The SMILES string of the molecule is Cc1ccc(OCc2cc(F)ccc2Cl)c(C#CCO)c1. The number of halogens is 2. The maximum atomic E-state index is 13.2. The third kappa shape index (κ3) is 4.22. The fourth-order valence-corrected chi connectivity index (χ4v) is 1.98. The first-order valence-electron chi connectivity index (χ1n) is 6.37. The topological polar surface area (TPSA) is 29.5 Å². The third-order valence-corrected chi connectivity index (χ3v) is 3.20. The molecule has 0 amide bonds. The lowest BCUT2D eigenvalue weighted by atomic mass is 10.1. The molecule has 108 valence electrons. The Morgan fingerprint density at radius 3 is 2.81 bits per heavy atom. The van der Waals surface area contributed by atoms with E-state index in [-0.39, 0.29) is 19.0 Å². The summed E-state index contributed by atoms with van der Waals surface area (Å²) in [6, 6.07) is 9.70. The van der Waals surface area contributed by atoms with Gasteiger partial charge in [0.05, 0.1) is 5.56 Å². The molecule has 0 saturated heterocycles. The fourth-order valence-electron chi connectivity index (χ4n) is 1.81. The molecule has 0 heterocycles. The maximum absolute atomic E-state index is 13.2. The molecule has 0 aliphatic carbocycles. The predicted octanol–water partition coefficient (Wildman–Crippen LogP) is 3.71. The summed E-state index contributed by atoms with van der Waals surface area (Å²) in [6.45, 7) is 1.87. The van der Waals surface area contributed by atoms with Crippen LogP contribution in [0, 0.1) is 24.6 Å². The summed E-state index contributed by atoms with van der Waals surface area (Å²) in [5.41, 5.74) is 2.28. The van der Waals surface area contributed by atoms with Gasteiger partial charge < -0.3 is 9.84 Å². The van der Waals surface area contributed by atoms with Crippen LogP contribution in [0.5, 0.6) is 5.75 Å². The van der Waals surface area contributed by atoms with E-state index in [1.807, 2.05) is 19.1 Å². The molecule has 2 rings (SSSR count). The molecule has 0 saturated carbocycles. The summed E-state index contributed by atoms with van der Waals surface area (Å²) in [5.74, 6) is 5.64. The quantitative estimate of drug-likeness (QED) is 0.876. The van der Waals surface area contributed by atoms with Crippen LogP contribution < -0.4 is 4.74 Å². The standard InChI is InChI=1S/C17H14ClFO2/c1-12-4-7-17(13(9-12)3-2-8-20)21-11-14-10-15(19)5-6-16(14)18/h4-7,9-10,20H,8,11H2,1H3. The number of rotatable bonds is 3. The highest BCUT2D eigenvalue weighted by atomic mass is 35.5. The van der Waals surface area contributed by atoms with E-state index in [9.17, 15) is 4.39 Å². The van der Waals surface area contributed by atoms with Gasteiger partial charge in [-0.15, -0.1) is 0 Å². The van der Waals surface area contributed by atoms with Crippen molar-refractivity contribution in [3.05, 3.63) is 63.9 Å². The maximum Gasteiger partial charge on any atom is 0.135 e. The van der Waals surface area contributed by atoms with Crippen molar-refractivity contribution in [2.45, 2.75) is 13.5 Å². The average molecular weight is 305 g/mol. The summed E-state index contributed by atoms with van der Waals surface area (Å²) >= 11 is 6.00. The zero-order chi connectivity index (χ0) is 15.2. The van der Waals surface area contributed by atoms with Crippen LogP contribution in [0.1, 0.15) is 16.7 Å². The molecule has 0 fully saturated rings. The molecule has 2 aromatic carbocycles. The highest BCUT2D eigenvalue weighted by Gasteiger charge is 2.06. The van der Waals surface area contributed by atoms with Gasteiger partial charge in [-0.25, -0.2) is 4.39 Å². The molecule has 0 aromatic heterocycles. The summed E-state index contributed by atoms with van der Waals surface area (Å²) in [4.78, 5) is 0. The summed E-state index contributed by atoms with van der Waals surface area (Å²) in [7, 11) is 0. The van der Waals surface area contributed by atoms with Crippen molar-refractivity contribution in [3.8, 4) is 17.6 Å². The third-order valence-electron chi connectivity index (χ3n) is 2.83. The van der Waals surface area contributed by atoms with Crippen LogP contribution in [0.15, 0.2) is 36.4 Å². The molecule has 0 unspecified atom stereocenters. The Morgan fingerprint density at radius 2 is 2.05 bits per heavy atom. The Kier molecular flexibility index (Phi) is 5.21. The van der Waals surface area contributed by atoms with Crippen LogP contribution in [0.3, 0.4) is 0 Å². The van der Waals surface area contributed by atoms with Gasteiger partial charge in [-0.1, -0.05) is 29.5 Å². The van der Waals surface area contributed by atoms with E-state index in [1.54, 1.807) is 6.07 Å². The zero-order valence-corrected chi connectivity index (χ0v) is 12.2. The molecular formula is C17H14ClFO2. The molecule has 4 heteroatoms. The summed E-state index contributed by atoms with van der Waals surface area (Å²) < 4.78 is 18.9. The van der Waals surface area contributed by atoms with Crippen molar-refractivity contribution < 1.29 is 14.2 Å². The lowest BCUT2D eigenvalue weighted by Gasteiger charge is -2.10. The van der Waals surface area contributed by atoms with E-state index < -0.39 is 0 Å². The smallest absolute Gasteiger partial charge is 0.135 e. The Morgan fingerprint density at radius 1 is 1.24 bits per heavy atom. The molecule has 2 aromatic rings. The Bertz CT molecular complexity index is 702. The molecule has 0 spiro atoms. The molecule has 0 atom stereocenters. The second-order valence-electron chi connectivity index (χ2n) is 4.48. The largest absolute Gasteiger partial charge is 0.488 e. The van der Waals surface area contributed by atoms with Gasteiger partial charge in [-0.2, -0.15) is 0 Å². The molecule has 1 N–H and O–H groups in total. The van der Waals surface area contributed by atoms with Crippen LogP contribution in [0.2, 0.25) is 5.02 Å². The molecule has 0 aliphatic heterocycles. The second-order valence-corrected chi connectivity index (χ2v) is 4.89. The fraction of sp³-hybridized carbons (Fsp3) is 0.176. The van der Waals surface area contributed by atoms with Crippen molar-refractivity contribution in [1.82, 2.24) is 0 Å². The lowest BCUT2D eigenvalue weighted by Crippen LogP contribution is -1.99. The van der Waals surface area contributed by atoms with Gasteiger partial charge in [-0.05, 0) is 42.8 Å². The van der Waals surface area contributed by atoms with Crippen LogP contribution >= 0.6 is 11.6 Å². The summed E-state index contributed by atoms with van der Waals surface area (Å²) in [6.07, 6.45) is 0. The Balaban J connectivity index is 2.21. The number of ether oxygens (including phenoxy) is 1. The molecular weight excluding hydrogens is 291 g/mol. The minimum absolute atomic E-state index is 0.146. The number of aryl methyl sites for hydroxylation is 1. The van der Waals surface area contributed by atoms with Gasteiger partial charge in [-0.3, -0.25) is 0 Å². The molecule has 21 heavy (non-hydrogen) atoms. The average Bonchev–Trinajstić information content (AvgIpc) is 2.47. The zero-order valence-electron chi connectivity index (χ0n) is 11.5. The number of hydrogen-bond acceptors (Lipinski definition) is 2. The predicted molar refractivity (Wildman–Crippen MR) is 80.9 cm³/mol. The normalized spacial score (nSPS) is 9.90. The van der Waals surface area contributed by atoms with Crippen LogP contribution in [-0.4, -0.2) is 11.7 Å². The van der Waals surface area contributed by atoms with Crippen molar-refractivity contribution in [3.63, 3.8) is 0 Å². The minimum atomic E-state index is -0.359. The van der Waals surface area contributed by atoms with Gasteiger partial charge in [0.15, 0.2) is 0 Å². The Labute approximate surface area is 128 Å². The van der Waals surface area contributed by atoms with Crippen molar-refractivity contribution in [2.75, 3.05) is 6.61 Å². The first-order valence-corrected chi connectivity index (χ1v) is 6.75. The molecule has 0 aliphatic rings. The Hall–Kier alpha value is -2.02. The van der Waals surface area contributed by atoms with E-state index in [1.165, 1.54) is 18.2 Å². The number of hydrogen-bond donors (Lipinski definition) is 1. The van der Waals surface area contributed by atoms with E-state index in [4.69, 9.17) is 21.4 Å². The van der Waals surface area contributed by atoms with Crippen LogP contribution in [-0.2, 0) is 6.61 Å². The van der Waals surface area contributed by atoms with Crippen molar-refractivity contribution in [2.24, 2.45) is 0 Å². The monoisotopic (exact) mass is 304 g/mol. The molecule has 0 radical (unpaired) electrons. The van der Waals surface area contributed by atoms with Gasteiger partial charge in [0, 0.05) is 10.6 Å². The highest BCUT2D eigenvalue weighted by molar-refractivity contribution is 6.31. The van der Waals surface area contributed by atoms with Crippen molar-refractivity contribution >= 4 is 11.6 Å². The molecule has 0 bridgehead atoms. The molecule has 2 nitrogen and oxygen atoms in total. The van der Waals surface area contributed by atoms with Crippen LogP contribution in [0.25, 0.3) is 0 Å².